The highest BCUT2D eigenvalue weighted by Gasteiger charge is 2.08. The van der Waals surface area contributed by atoms with Gasteiger partial charge in [0.2, 0.25) is 0 Å². The van der Waals surface area contributed by atoms with Gasteiger partial charge in [0.15, 0.2) is 0 Å². The van der Waals surface area contributed by atoms with Crippen LogP contribution >= 0.6 is 0 Å². The Morgan fingerprint density at radius 1 is 1.20 bits per heavy atom. The number of rotatable bonds is 7. The van der Waals surface area contributed by atoms with E-state index < -0.39 is 11.9 Å². The van der Waals surface area contributed by atoms with Gasteiger partial charge in [0.25, 0.3) is 0 Å². The summed E-state index contributed by atoms with van der Waals surface area (Å²) in [4.78, 5) is 25.9. The van der Waals surface area contributed by atoms with Gasteiger partial charge in [-0.15, -0.1) is 0 Å². The molecule has 4 nitrogen and oxygen atoms in total. The summed E-state index contributed by atoms with van der Waals surface area (Å²) >= 11 is 0. The van der Waals surface area contributed by atoms with Crippen molar-refractivity contribution in [3.8, 4) is 0 Å². The first-order valence-electron chi connectivity index (χ1n) is 5.42. The fraction of sp³-hybridized carbons (Fsp3) is 0.727. The van der Waals surface area contributed by atoms with E-state index in [4.69, 9.17) is 0 Å². The van der Waals surface area contributed by atoms with Crippen molar-refractivity contribution in [3.63, 3.8) is 0 Å². The molecular weight excluding hydrogens is 194 g/mol. The number of unbranched alkanes of at least 4 members (excludes halogenated alkanes) is 2. The Morgan fingerprint density at radius 2 is 1.93 bits per heavy atom. The zero-order valence-corrected chi connectivity index (χ0v) is 9.49. The summed E-state index contributed by atoms with van der Waals surface area (Å²) in [5.41, 5.74) is 0. The first-order chi connectivity index (χ1) is 7.20. The molecule has 0 atom stereocenters. The maximum absolute atomic E-state index is 11.1. The molecule has 0 amide bonds. The molecule has 0 saturated heterocycles. The van der Waals surface area contributed by atoms with Gasteiger partial charge in [0.1, 0.15) is 6.54 Å². The quantitative estimate of drug-likeness (QED) is 0.282. The van der Waals surface area contributed by atoms with E-state index in [9.17, 15) is 9.59 Å². The molecule has 0 aromatic carbocycles. The van der Waals surface area contributed by atoms with Crippen molar-refractivity contribution in [1.29, 1.82) is 0 Å². The Balaban J connectivity index is 3.58. The van der Waals surface area contributed by atoms with E-state index in [1.807, 2.05) is 6.92 Å². The molecule has 4 heteroatoms. The Bertz CT molecular complexity index is 224. The predicted molar refractivity (Wildman–Crippen MR) is 58.9 cm³/mol. The van der Waals surface area contributed by atoms with E-state index in [1.165, 1.54) is 0 Å². The Labute approximate surface area is 90.7 Å². The first kappa shape index (κ1) is 13.8. The maximum atomic E-state index is 11.1. The highest BCUT2D eigenvalue weighted by molar-refractivity contribution is 5.87. The van der Waals surface area contributed by atoms with Crippen molar-refractivity contribution >= 4 is 18.2 Å². The van der Waals surface area contributed by atoms with Gasteiger partial charge < -0.3 is 4.74 Å². The van der Waals surface area contributed by atoms with Crippen LogP contribution in [0.2, 0.25) is 0 Å². The van der Waals surface area contributed by atoms with E-state index >= 15 is 0 Å². The van der Waals surface area contributed by atoms with Gasteiger partial charge in [-0.2, -0.15) is 0 Å². The Morgan fingerprint density at radius 3 is 2.53 bits per heavy atom. The molecule has 0 heterocycles. The zero-order chi connectivity index (χ0) is 11.5. The van der Waals surface area contributed by atoms with Crippen LogP contribution in [0.1, 0.15) is 46.0 Å². The molecule has 0 aromatic rings. The van der Waals surface area contributed by atoms with Crippen LogP contribution in [0.3, 0.4) is 0 Å². The van der Waals surface area contributed by atoms with Crippen LogP contribution in [0.4, 0.5) is 0 Å². The molecule has 0 bridgehead atoms. The normalized spacial score (nSPS) is 10.5. The molecule has 15 heavy (non-hydrogen) atoms. The van der Waals surface area contributed by atoms with Crippen LogP contribution in [-0.4, -0.2) is 24.7 Å². The molecule has 0 aliphatic carbocycles. The lowest BCUT2D eigenvalue weighted by Gasteiger charge is -2.00. The van der Waals surface area contributed by atoms with Crippen LogP contribution in [0.15, 0.2) is 4.99 Å². The lowest BCUT2D eigenvalue weighted by atomic mass is 10.2. The van der Waals surface area contributed by atoms with E-state index in [1.54, 1.807) is 6.21 Å². The number of carbonyl (C=O) groups excluding carboxylic acids is 2. The lowest BCUT2D eigenvalue weighted by Crippen LogP contribution is -2.14. The standard InChI is InChI=1S/C11H19NO3/c1-3-5-6-7-10(13)15-11(14)9-12-8-4-2/h8H,3-7,9H2,1-2H3. The number of aliphatic imine (C=N–C) groups is 1. The molecule has 0 aromatic heterocycles. The smallest absolute Gasteiger partial charge is 0.335 e. The van der Waals surface area contributed by atoms with Crippen molar-refractivity contribution in [3.05, 3.63) is 0 Å². The van der Waals surface area contributed by atoms with Crippen LogP contribution < -0.4 is 0 Å². The number of hydrogen-bond donors (Lipinski definition) is 0. The second-order valence-corrected chi connectivity index (χ2v) is 3.23. The van der Waals surface area contributed by atoms with Gasteiger partial charge in [0, 0.05) is 6.42 Å². The lowest BCUT2D eigenvalue weighted by molar-refractivity contribution is -0.158. The van der Waals surface area contributed by atoms with Crippen molar-refractivity contribution in [2.75, 3.05) is 6.54 Å². The van der Waals surface area contributed by atoms with Gasteiger partial charge >= 0.3 is 11.9 Å². The Kier molecular flexibility index (Phi) is 8.63. The fourth-order valence-corrected chi connectivity index (χ4v) is 0.998. The number of nitrogens with zero attached hydrogens (tertiary/aromatic N) is 1. The van der Waals surface area contributed by atoms with E-state index in [2.05, 4.69) is 16.7 Å². The molecule has 0 N–H and O–H groups in total. The van der Waals surface area contributed by atoms with Crippen LogP contribution in [0, 0.1) is 0 Å². The molecule has 0 spiro atoms. The van der Waals surface area contributed by atoms with E-state index in [-0.39, 0.29) is 6.54 Å². The summed E-state index contributed by atoms with van der Waals surface area (Å²) in [5.74, 6) is -1.01. The second kappa shape index (κ2) is 9.37. The Hall–Kier alpha value is -1.19. The largest absolute Gasteiger partial charge is 0.392 e. The van der Waals surface area contributed by atoms with Gasteiger partial charge in [0.05, 0.1) is 0 Å². The monoisotopic (exact) mass is 213 g/mol. The third kappa shape index (κ3) is 9.12. The van der Waals surface area contributed by atoms with Gasteiger partial charge in [-0.05, 0) is 19.1 Å². The van der Waals surface area contributed by atoms with Gasteiger partial charge in [-0.1, -0.05) is 26.7 Å². The predicted octanol–water partition coefficient (Wildman–Crippen LogP) is 2.12. The molecule has 0 aliphatic rings. The molecule has 0 rings (SSSR count). The minimum atomic E-state index is -0.568. The third-order valence-electron chi connectivity index (χ3n) is 1.74. The van der Waals surface area contributed by atoms with Crippen molar-refractivity contribution < 1.29 is 14.3 Å². The minimum absolute atomic E-state index is 0.0621. The van der Waals surface area contributed by atoms with Crippen LogP contribution in [0.5, 0.6) is 0 Å². The number of ether oxygens (including phenoxy) is 1. The molecule has 86 valence electrons. The number of esters is 2. The molecule has 0 unspecified atom stereocenters. The summed E-state index contributed by atoms with van der Waals surface area (Å²) < 4.78 is 4.55. The van der Waals surface area contributed by atoms with Crippen molar-refractivity contribution in [2.24, 2.45) is 4.99 Å². The summed E-state index contributed by atoms with van der Waals surface area (Å²) in [6, 6.07) is 0. The molecule has 0 fully saturated rings. The van der Waals surface area contributed by atoms with E-state index in [0.29, 0.717) is 6.42 Å². The molecular formula is C11H19NO3. The number of hydrogen-bond acceptors (Lipinski definition) is 4. The van der Waals surface area contributed by atoms with Crippen LogP contribution in [0.25, 0.3) is 0 Å². The molecule has 0 aliphatic heterocycles. The third-order valence-corrected chi connectivity index (χ3v) is 1.74. The molecule has 0 saturated carbocycles. The zero-order valence-electron chi connectivity index (χ0n) is 9.49. The maximum Gasteiger partial charge on any atom is 0.335 e. The van der Waals surface area contributed by atoms with E-state index in [0.717, 1.165) is 25.7 Å². The molecule has 0 radical (unpaired) electrons. The highest BCUT2D eigenvalue weighted by Crippen LogP contribution is 2.00. The first-order valence-corrected chi connectivity index (χ1v) is 5.42. The minimum Gasteiger partial charge on any atom is -0.392 e. The van der Waals surface area contributed by atoms with Crippen molar-refractivity contribution in [1.82, 2.24) is 0 Å². The van der Waals surface area contributed by atoms with Gasteiger partial charge in [-0.3, -0.25) is 9.79 Å². The summed E-state index contributed by atoms with van der Waals surface area (Å²) in [5, 5.41) is 0. The summed E-state index contributed by atoms with van der Waals surface area (Å²) in [6.07, 6.45) is 5.53. The highest BCUT2D eigenvalue weighted by atomic mass is 16.6. The average molecular weight is 213 g/mol. The summed E-state index contributed by atoms with van der Waals surface area (Å²) in [6.45, 7) is 3.91. The SMILES string of the molecule is CCC=NCC(=O)OC(=O)CCCCC. The van der Waals surface area contributed by atoms with Crippen molar-refractivity contribution in [2.45, 2.75) is 46.0 Å². The van der Waals surface area contributed by atoms with Gasteiger partial charge in [-0.25, -0.2) is 4.79 Å². The van der Waals surface area contributed by atoms with Crippen LogP contribution in [-0.2, 0) is 14.3 Å². The summed E-state index contributed by atoms with van der Waals surface area (Å²) in [7, 11) is 0. The fourth-order valence-electron chi connectivity index (χ4n) is 0.998. The second-order valence-electron chi connectivity index (χ2n) is 3.23. The topological polar surface area (TPSA) is 55.7 Å². The number of carbonyl (C=O) groups is 2. The average Bonchev–Trinajstić information content (AvgIpc) is 2.18.